The Morgan fingerprint density at radius 1 is 1.17 bits per heavy atom. The molecule has 0 saturated carbocycles. The monoisotopic (exact) mass is 325 g/mol. The molecule has 3 rings (SSSR count). The number of aromatic nitrogens is 1. The van der Waals surface area contributed by atoms with Crippen LogP contribution in [0.1, 0.15) is 44.9 Å². The molecule has 0 spiro atoms. The summed E-state index contributed by atoms with van der Waals surface area (Å²) in [7, 11) is 0. The number of rotatable bonds is 4. The number of aryl methyl sites for hydroxylation is 3. The number of benzene rings is 1. The Kier molecular flexibility index (Phi) is 4.01. The molecule has 24 heavy (non-hydrogen) atoms. The summed E-state index contributed by atoms with van der Waals surface area (Å²) in [5, 5.41) is 0.832. The van der Waals surface area contributed by atoms with Gasteiger partial charge in [0.1, 0.15) is 17.1 Å². The molecular formula is C19H19NO4. The molecule has 1 aromatic carbocycles. The highest BCUT2D eigenvalue weighted by Crippen LogP contribution is 2.24. The summed E-state index contributed by atoms with van der Waals surface area (Å²) in [4.78, 5) is 28.2. The van der Waals surface area contributed by atoms with Gasteiger partial charge < -0.3 is 14.1 Å². The van der Waals surface area contributed by atoms with Crippen molar-refractivity contribution >= 4 is 22.7 Å². The number of esters is 1. The summed E-state index contributed by atoms with van der Waals surface area (Å²) in [5.41, 5.74) is 2.56. The second-order valence-electron chi connectivity index (χ2n) is 5.91. The fourth-order valence-electron chi connectivity index (χ4n) is 2.91. The number of carbonyl (C=O) groups excluding carboxylic acids is 2. The molecule has 0 saturated heterocycles. The molecular weight excluding hydrogens is 306 g/mol. The summed E-state index contributed by atoms with van der Waals surface area (Å²) >= 11 is 0. The average molecular weight is 325 g/mol. The number of aromatic amines is 1. The van der Waals surface area contributed by atoms with Gasteiger partial charge in [0.15, 0.2) is 6.10 Å². The van der Waals surface area contributed by atoms with E-state index in [0.717, 1.165) is 16.6 Å². The number of ketones is 1. The quantitative estimate of drug-likeness (QED) is 0.578. The number of fused-ring (bicyclic) bond motifs is 1. The minimum absolute atomic E-state index is 0.226. The van der Waals surface area contributed by atoms with Crippen molar-refractivity contribution in [3.8, 4) is 0 Å². The maximum absolute atomic E-state index is 12.8. The molecule has 1 N–H and O–H groups in total. The molecule has 5 nitrogen and oxygen atoms in total. The molecule has 3 aromatic rings. The van der Waals surface area contributed by atoms with Crippen molar-refractivity contribution in [1.29, 1.82) is 0 Å². The lowest BCUT2D eigenvalue weighted by Gasteiger charge is -2.12. The third kappa shape index (κ3) is 2.73. The molecule has 0 aliphatic carbocycles. The van der Waals surface area contributed by atoms with E-state index in [1.165, 1.54) is 0 Å². The molecule has 2 heterocycles. The summed E-state index contributed by atoms with van der Waals surface area (Å²) in [6.07, 6.45) is -0.884. The number of para-hydroxylation sites is 1. The first-order valence-electron chi connectivity index (χ1n) is 7.78. The molecule has 0 fully saturated rings. The first-order chi connectivity index (χ1) is 11.4. The number of hydrogen-bond donors (Lipinski definition) is 1. The van der Waals surface area contributed by atoms with Gasteiger partial charge in [-0.1, -0.05) is 18.2 Å². The van der Waals surface area contributed by atoms with E-state index in [2.05, 4.69) is 4.98 Å². The van der Waals surface area contributed by atoms with Crippen molar-refractivity contribution in [2.24, 2.45) is 0 Å². The molecule has 0 radical (unpaired) electrons. The van der Waals surface area contributed by atoms with Gasteiger partial charge in [-0.25, -0.2) is 4.79 Å². The van der Waals surface area contributed by atoms with Crippen LogP contribution in [0.3, 0.4) is 0 Å². The Bertz CT molecular complexity index is 932. The number of H-pyrrole nitrogens is 1. The largest absolute Gasteiger partial charge is 0.466 e. The van der Waals surface area contributed by atoms with Crippen LogP contribution in [-0.2, 0) is 4.74 Å². The molecule has 1 atom stereocenters. The van der Waals surface area contributed by atoms with E-state index in [1.54, 1.807) is 26.8 Å². The van der Waals surface area contributed by atoms with E-state index in [-0.39, 0.29) is 5.78 Å². The van der Waals surface area contributed by atoms with Crippen LogP contribution in [0.2, 0.25) is 0 Å². The smallest absolute Gasteiger partial charge is 0.342 e. The topological polar surface area (TPSA) is 72.3 Å². The van der Waals surface area contributed by atoms with Gasteiger partial charge in [-0.05, 0) is 39.8 Å². The highest BCUT2D eigenvalue weighted by molar-refractivity contribution is 6.11. The van der Waals surface area contributed by atoms with Crippen LogP contribution in [-0.4, -0.2) is 22.8 Å². The fraction of sp³-hybridized carbons (Fsp3) is 0.263. The molecule has 0 amide bonds. The lowest BCUT2D eigenvalue weighted by Crippen LogP contribution is -2.25. The lowest BCUT2D eigenvalue weighted by molar-refractivity contribution is 0.0317. The van der Waals surface area contributed by atoms with Gasteiger partial charge in [-0.3, -0.25) is 4.79 Å². The SMILES string of the molecule is Cc1cc(C(=O)O[C@H](C)C(=O)c2c(C)[nH]c3ccccc23)c(C)o1. The number of Topliss-reactive ketones (excluding diaryl/α,β-unsaturated/α-hetero) is 1. The first-order valence-corrected chi connectivity index (χ1v) is 7.78. The molecule has 0 unspecified atom stereocenters. The summed E-state index contributed by atoms with van der Waals surface area (Å²) in [6, 6.07) is 9.18. The first kappa shape index (κ1) is 16.1. The zero-order valence-electron chi connectivity index (χ0n) is 14.1. The van der Waals surface area contributed by atoms with Crippen molar-refractivity contribution in [3.63, 3.8) is 0 Å². The Hall–Kier alpha value is -2.82. The molecule has 0 aliphatic heterocycles. The van der Waals surface area contributed by atoms with Crippen LogP contribution in [0, 0.1) is 20.8 Å². The van der Waals surface area contributed by atoms with Crippen LogP contribution in [0.25, 0.3) is 10.9 Å². The van der Waals surface area contributed by atoms with Crippen molar-refractivity contribution in [2.75, 3.05) is 0 Å². The zero-order valence-corrected chi connectivity index (χ0v) is 14.1. The van der Waals surface area contributed by atoms with Gasteiger partial charge in [-0.2, -0.15) is 0 Å². The van der Waals surface area contributed by atoms with E-state index in [1.807, 2.05) is 31.2 Å². The maximum Gasteiger partial charge on any atom is 0.342 e. The van der Waals surface area contributed by atoms with Crippen LogP contribution in [0.4, 0.5) is 0 Å². The molecule has 0 aliphatic rings. The van der Waals surface area contributed by atoms with Crippen molar-refractivity contribution in [1.82, 2.24) is 4.98 Å². The minimum atomic E-state index is -0.884. The van der Waals surface area contributed by atoms with E-state index in [9.17, 15) is 9.59 Å². The van der Waals surface area contributed by atoms with Gasteiger partial charge in [0, 0.05) is 22.2 Å². The Morgan fingerprint density at radius 2 is 1.88 bits per heavy atom. The van der Waals surface area contributed by atoms with E-state index in [0.29, 0.717) is 22.6 Å². The van der Waals surface area contributed by atoms with E-state index < -0.39 is 12.1 Å². The van der Waals surface area contributed by atoms with Crippen LogP contribution in [0.15, 0.2) is 34.7 Å². The molecule has 5 heteroatoms. The Morgan fingerprint density at radius 3 is 2.54 bits per heavy atom. The van der Waals surface area contributed by atoms with Crippen LogP contribution < -0.4 is 0 Å². The number of hydrogen-bond acceptors (Lipinski definition) is 4. The highest BCUT2D eigenvalue weighted by Gasteiger charge is 2.26. The van der Waals surface area contributed by atoms with Gasteiger partial charge in [0.25, 0.3) is 0 Å². The summed E-state index contributed by atoms with van der Waals surface area (Å²) in [5.74, 6) is 0.338. The molecule has 0 bridgehead atoms. The summed E-state index contributed by atoms with van der Waals surface area (Å²) < 4.78 is 10.7. The predicted molar refractivity (Wildman–Crippen MR) is 90.4 cm³/mol. The standard InChI is InChI=1S/C19H19NO4/c1-10-9-15(12(3)23-10)19(22)24-13(4)18(21)17-11(2)20-16-8-6-5-7-14(16)17/h5-9,13,20H,1-4H3/t13-/m1/s1. The normalized spacial score (nSPS) is 12.3. The predicted octanol–water partition coefficient (Wildman–Crippen LogP) is 4.11. The second-order valence-corrected chi connectivity index (χ2v) is 5.91. The average Bonchev–Trinajstić information content (AvgIpc) is 3.04. The van der Waals surface area contributed by atoms with Gasteiger partial charge in [0.2, 0.25) is 5.78 Å². The number of carbonyl (C=O) groups is 2. The number of nitrogens with one attached hydrogen (secondary N) is 1. The molecule has 2 aromatic heterocycles. The lowest BCUT2D eigenvalue weighted by atomic mass is 10.0. The second kappa shape index (κ2) is 6.00. The van der Waals surface area contributed by atoms with Gasteiger partial charge in [0.05, 0.1) is 0 Å². The van der Waals surface area contributed by atoms with Gasteiger partial charge in [-0.15, -0.1) is 0 Å². The van der Waals surface area contributed by atoms with E-state index in [4.69, 9.17) is 9.15 Å². The van der Waals surface area contributed by atoms with Crippen molar-refractivity contribution < 1.29 is 18.7 Å². The summed E-state index contributed by atoms with van der Waals surface area (Å²) in [6.45, 7) is 6.88. The number of furan rings is 1. The highest BCUT2D eigenvalue weighted by atomic mass is 16.5. The van der Waals surface area contributed by atoms with Gasteiger partial charge >= 0.3 is 5.97 Å². The van der Waals surface area contributed by atoms with E-state index >= 15 is 0 Å². The van der Waals surface area contributed by atoms with Crippen LogP contribution in [0.5, 0.6) is 0 Å². The third-order valence-corrected chi connectivity index (χ3v) is 4.05. The zero-order chi connectivity index (χ0) is 17.4. The minimum Gasteiger partial charge on any atom is -0.466 e. The fourth-order valence-corrected chi connectivity index (χ4v) is 2.91. The third-order valence-electron chi connectivity index (χ3n) is 4.05. The van der Waals surface area contributed by atoms with Crippen molar-refractivity contribution in [2.45, 2.75) is 33.8 Å². The molecule has 124 valence electrons. The Labute approximate surface area is 139 Å². The van der Waals surface area contributed by atoms with Crippen LogP contribution >= 0.6 is 0 Å². The maximum atomic E-state index is 12.8. The Balaban J connectivity index is 1.85. The number of ether oxygens (including phenoxy) is 1. The van der Waals surface area contributed by atoms with Crippen molar-refractivity contribution in [3.05, 3.63) is 58.7 Å².